The predicted molar refractivity (Wildman–Crippen MR) is 123 cm³/mol. The summed E-state index contributed by atoms with van der Waals surface area (Å²) >= 11 is 0. The van der Waals surface area contributed by atoms with E-state index in [1.807, 2.05) is 30.3 Å². The van der Waals surface area contributed by atoms with E-state index in [0.29, 0.717) is 23.5 Å². The molecule has 4 heteroatoms. The third-order valence-electron chi connectivity index (χ3n) is 9.64. The number of esters is 2. The number of allylic oxidation sites excluding steroid dienone is 1. The van der Waals surface area contributed by atoms with Crippen molar-refractivity contribution in [3.63, 3.8) is 0 Å². The number of hydrogen-bond acceptors (Lipinski definition) is 4. The molecule has 4 nitrogen and oxygen atoms in total. The van der Waals surface area contributed by atoms with E-state index in [-0.39, 0.29) is 34.8 Å². The van der Waals surface area contributed by atoms with Gasteiger partial charge in [-0.3, -0.25) is 9.59 Å². The summed E-state index contributed by atoms with van der Waals surface area (Å²) in [6, 6.07) is 9.50. The van der Waals surface area contributed by atoms with Crippen molar-refractivity contribution >= 4 is 11.9 Å². The fourth-order valence-corrected chi connectivity index (χ4v) is 8.03. The van der Waals surface area contributed by atoms with Gasteiger partial charge in [-0.15, -0.1) is 0 Å². The third-order valence-corrected chi connectivity index (χ3v) is 9.64. The Kier molecular flexibility index (Phi) is 5.46. The van der Waals surface area contributed by atoms with Gasteiger partial charge >= 0.3 is 11.9 Å². The second-order valence-corrected chi connectivity index (χ2v) is 11.1. The minimum absolute atomic E-state index is 0.00783. The largest absolute Gasteiger partial charge is 0.462 e. The fourth-order valence-electron chi connectivity index (χ4n) is 8.03. The zero-order chi connectivity index (χ0) is 22.5. The van der Waals surface area contributed by atoms with Crippen LogP contribution in [0.5, 0.6) is 5.75 Å². The Labute approximate surface area is 191 Å². The van der Waals surface area contributed by atoms with E-state index in [4.69, 9.17) is 9.47 Å². The zero-order valence-corrected chi connectivity index (χ0v) is 19.6. The molecule has 32 heavy (non-hydrogen) atoms. The van der Waals surface area contributed by atoms with Crippen LogP contribution in [0.2, 0.25) is 0 Å². The van der Waals surface area contributed by atoms with Crippen LogP contribution in [0.25, 0.3) is 0 Å². The van der Waals surface area contributed by atoms with Gasteiger partial charge in [0.15, 0.2) is 0 Å². The maximum absolute atomic E-state index is 13.2. The number of benzene rings is 1. The van der Waals surface area contributed by atoms with Crippen LogP contribution >= 0.6 is 0 Å². The summed E-state index contributed by atoms with van der Waals surface area (Å²) in [7, 11) is 0. The molecular formula is C28H36O4. The van der Waals surface area contributed by atoms with Crippen molar-refractivity contribution in [2.45, 2.75) is 78.2 Å². The van der Waals surface area contributed by atoms with E-state index in [9.17, 15) is 9.59 Å². The summed E-state index contributed by atoms with van der Waals surface area (Å²) in [4.78, 5) is 24.6. The first-order chi connectivity index (χ1) is 15.3. The lowest BCUT2D eigenvalue weighted by Crippen LogP contribution is -2.51. The minimum atomic E-state index is -0.166. The van der Waals surface area contributed by atoms with E-state index in [1.54, 1.807) is 0 Å². The van der Waals surface area contributed by atoms with Gasteiger partial charge in [0.25, 0.3) is 0 Å². The van der Waals surface area contributed by atoms with E-state index in [0.717, 1.165) is 44.9 Å². The highest BCUT2D eigenvalue weighted by atomic mass is 16.5. The van der Waals surface area contributed by atoms with Gasteiger partial charge in [-0.25, -0.2) is 0 Å². The van der Waals surface area contributed by atoms with Crippen LogP contribution in [0, 0.1) is 34.5 Å². The Hall–Kier alpha value is -2.10. The van der Waals surface area contributed by atoms with Crippen LogP contribution in [-0.2, 0) is 14.3 Å². The lowest BCUT2D eigenvalue weighted by molar-refractivity contribution is -0.150. The molecule has 4 aliphatic carbocycles. The van der Waals surface area contributed by atoms with Crippen molar-refractivity contribution in [2.75, 3.05) is 0 Å². The molecule has 0 unspecified atom stereocenters. The monoisotopic (exact) mass is 436 g/mol. The van der Waals surface area contributed by atoms with Gasteiger partial charge in [0.05, 0.1) is 5.92 Å². The standard InChI is InChI=1S/C28H36O4/c1-18(29)31-21-13-15-27(2)19(17-21)9-10-22-23-11-12-25(28(23,3)16-14-24(22)27)26(30)32-20-7-5-4-6-8-20/h4-9,21-25H,10-17H2,1-3H3/t21-,22+,23+,24+,25-,27-,28-/m0/s1. The van der Waals surface area contributed by atoms with Gasteiger partial charge in [0, 0.05) is 13.3 Å². The molecule has 0 aromatic heterocycles. The zero-order valence-electron chi connectivity index (χ0n) is 19.6. The van der Waals surface area contributed by atoms with Crippen LogP contribution in [0.4, 0.5) is 0 Å². The molecule has 1 aromatic carbocycles. The number of ether oxygens (including phenoxy) is 2. The van der Waals surface area contributed by atoms with Crippen molar-refractivity contribution in [2.24, 2.45) is 34.5 Å². The van der Waals surface area contributed by atoms with Crippen molar-refractivity contribution in [1.29, 1.82) is 0 Å². The molecule has 0 spiro atoms. The molecule has 0 aliphatic heterocycles. The highest BCUT2D eigenvalue weighted by Crippen LogP contribution is 2.66. The molecule has 0 N–H and O–H groups in total. The minimum Gasteiger partial charge on any atom is -0.462 e. The average molecular weight is 437 g/mol. The van der Waals surface area contributed by atoms with Gasteiger partial charge < -0.3 is 9.47 Å². The molecule has 3 fully saturated rings. The SMILES string of the molecule is CC(=O)O[C@H]1CC[C@@]2(C)C(=CC[C@@H]3[C@H]4CC[C@@H](C(=O)Oc5ccccc5)[C@@]4(C)CC[C@H]32)C1. The van der Waals surface area contributed by atoms with Crippen LogP contribution in [0.1, 0.15) is 72.1 Å². The lowest BCUT2D eigenvalue weighted by atomic mass is 9.47. The fraction of sp³-hybridized carbons (Fsp3) is 0.643. The number of carbonyl (C=O) groups is 2. The normalized spacial score (nSPS) is 40.3. The van der Waals surface area contributed by atoms with Gasteiger partial charge in [0.2, 0.25) is 0 Å². The van der Waals surface area contributed by atoms with Gasteiger partial charge in [-0.05, 0) is 85.7 Å². The summed E-state index contributed by atoms with van der Waals surface area (Å²) in [6.45, 7) is 6.33. The number of hydrogen-bond donors (Lipinski definition) is 0. The van der Waals surface area contributed by atoms with Crippen molar-refractivity contribution in [3.8, 4) is 5.75 Å². The quantitative estimate of drug-likeness (QED) is 0.326. The molecule has 0 heterocycles. The van der Waals surface area contributed by atoms with E-state index in [2.05, 4.69) is 19.9 Å². The van der Waals surface area contributed by atoms with Crippen molar-refractivity contribution in [1.82, 2.24) is 0 Å². The molecule has 0 bridgehead atoms. The van der Waals surface area contributed by atoms with Crippen LogP contribution in [-0.4, -0.2) is 18.0 Å². The number of rotatable bonds is 3. The molecule has 0 saturated heterocycles. The molecule has 0 radical (unpaired) electrons. The number of fused-ring (bicyclic) bond motifs is 5. The molecule has 4 aliphatic rings. The topological polar surface area (TPSA) is 52.6 Å². The number of para-hydroxylation sites is 1. The summed E-state index contributed by atoms with van der Waals surface area (Å²) in [6.07, 6.45) is 10.9. The predicted octanol–water partition coefficient (Wildman–Crippen LogP) is 6.10. The molecule has 5 rings (SSSR count). The van der Waals surface area contributed by atoms with Gasteiger partial charge in [-0.1, -0.05) is 43.7 Å². The first kappa shape index (κ1) is 21.7. The van der Waals surface area contributed by atoms with E-state index < -0.39 is 0 Å². The van der Waals surface area contributed by atoms with Crippen LogP contribution < -0.4 is 4.74 Å². The van der Waals surface area contributed by atoms with E-state index >= 15 is 0 Å². The molecule has 0 amide bonds. The Morgan fingerprint density at radius 1 is 0.969 bits per heavy atom. The smallest absolute Gasteiger partial charge is 0.314 e. The second kappa shape index (κ2) is 8.04. The highest BCUT2D eigenvalue weighted by Gasteiger charge is 2.60. The Morgan fingerprint density at radius 2 is 1.75 bits per heavy atom. The van der Waals surface area contributed by atoms with Crippen LogP contribution in [0.15, 0.2) is 42.0 Å². The number of carbonyl (C=O) groups excluding carboxylic acids is 2. The first-order valence-corrected chi connectivity index (χ1v) is 12.4. The summed E-state index contributed by atoms with van der Waals surface area (Å²) < 4.78 is 11.4. The molecular weight excluding hydrogens is 400 g/mol. The Morgan fingerprint density at radius 3 is 2.50 bits per heavy atom. The highest BCUT2D eigenvalue weighted by molar-refractivity contribution is 5.76. The summed E-state index contributed by atoms with van der Waals surface area (Å²) in [5.41, 5.74) is 1.76. The second-order valence-electron chi connectivity index (χ2n) is 11.1. The van der Waals surface area contributed by atoms with Gasteiger partial charge in [-0.2, -0.15) is 0 Å². The van der Waals surface area contributed by atoms with E-state index in [1.165, 1.54) is 18.9 Å². The van der Waals surface area contributed by atoms with Crippen molar-refractivity contribution < 1.29 is 19.1 Å². The average Bonchev–Trinajstić information content (AvgIpc) is 3.12. The molecule has 1 aromatic rings. The Balaban J connectivity index is 1.34. The molecule has 3 saturated carbocycles. The first-order valence-electron chi connectivity index (χ1n) is 12.4. The van der Waals surface area contributed by atoms with Crippen LogP contribution in [0.3, 0.4) is 0 Å². The molecule has 172 valence electrons. The summed E-state index contributed by atoms with van der Waals surface area (Å²) in [5, 5.41) is 0. The van der Waals surface area contributed by atoms with Crippen molar-refractivity contribution in [3.05, 3.63) is 42.0 Å². The lowest BCUT2D eigenvalue weighted by Gasteiger charge is -2.57. The Bertz CT molecular complexity index is 921. The maximum atomic E-state index is 13.2. The van der Waals surface area contributed by atoms with Gasteiger partial charge in [0.1, 0.15) is 11.9 Å². The third kappa shape index (κ3) is 3.50. The summed E-state index contributed by atoms with van der Waals surface area (Å²) in [5.74, 6) is 2.33. The molecule has 7 atom stereocenters. The maximum Gasteiger partial charge on any atom is 0.314 e.